The first kappa shape index (κ1) is 65.3. The van der Waals surface area contributed by atoms with Crippen LogP contribution in [0.4, 0.5) is 10.5 Å². The monoisotopic (exact) mass is 1150 g/mol. The van der Waals surface area contributed by atoms with Crippen LogP contribution in [-0.4, -0.2) is 207 Å². The molecule has 6 amide bonds. The number of benzene rings is 1. The van der Waals surface area contributed by atoms with E-state index in [1.54, 1.807) is 30.2 Å². The maximum Gasteiger partial charge on any atom is 0.409 e. The molecule has 0 aromatic heterocycles. The number of nitrogens with zero attached hydrogens (tertiary/aromatic N) is 3. The highest BCUT2D eigenvalue weighted by molar-refractivity contribution is 6.35. The van der Waals surface area contributed by atoms with Crippen molar-refractivity contribution >= 4 is 58.9 Å². The van der Waals surface area contributed by atoms with Crippen LogP contribution in [0.15, 0.2) is 48.1 Å². The summed E-state index contributed by atoms with van der Waals surface area (Å²) in [6.45, 7) is 10.9. The van der Waals surface area contributed by atoms with E-state index < -0.39 is 59.7 Å². The van der Waals surface area contributed by atoms with E-state index in [0.717, 1.165) is 16.0 Å². The van der Waals surface area contributed by atoms with Gasteiger partial charge in [-0.3, -0.25) is 39.0 Å². The second kappa shape index (κ2) is 34.1. The number of piperidine rings is 1. The molecule has 6 atom stereocenters. The summed E-state index contributed by atoms with van der Waals surface area (Å²) < 4.78 is 56.4. The lowest BCUT2D eigenvalue weighted by Crippen LogP contribution is -2.63. The largest absolute Gasteiger partial charge is 0.495 e. The van der Waals surface area contributed by atoms with Gasteiger partial charge in [0.05, 0.1) is 111 Å². The molecule has 1 aromatic carbocycles. The van der Waals surface area contributed by atoms with Crippen LogP contribution in [0.2, 0.25) is 5.02 Å². The summed E-state index contributed by atoms with van der Waals surface area (Å²) in [6.07, 6.45) is 5.93. The fraction of sp³-hybridized carbons (Fsp3) is 0.661. The minimum atomic E-state index is -1.79. The number of alkyl carbamates (subject to hydrolysis) is 1. The molecule has 0 aliphatic carbocycles. The van der Waals surface area contributed by atoms with Gasteiger partial charge in [0.15, 0.2) is 5.72 Å². The molecule has 0 radical (unpaired) electrons. The van der Waals surface area contributed by atoms with E-state index in [9.17, 15) is 38.7 Å². The molecule has 4 aliphatic rings. The number of hydrogen-bond donors (Lipinski definition) is 3. The van der Waals surface area contributed by atoms with Gasteiger partial charge in [0.2, 0.25) is 17.7 Å². The molecule has 4 bridgehead atoms. The third kappa shape index (κ3) is 21.1. The van der Waals surface area contributed by atoms with Gasteiger partial charge in [-0.05, 0) is 62.1 Å². The number of fused-ring (bicyclic) bond motifs is 4. The number of halogens is 1. The molecular weight excluding hydrogens is 1070 g/mol. The molecule has 1 aromatic rings. The van der Waals surface area contributed by atoms with Crippen molar-refractivity contribution in [3.8, 4) is 5.75 Å². The van der Waals surface area contributed by atoms with Crippen LogP contribution in [0, 0.1) is 17.8 Å². The standard InChI is InChI=1S/C56H82ClN5O18/c1-38-8-7-9-47(72-6)56(70)37-46(80-55(69)59-56)40(3)33-39(2)44(36-52(67)60(4)43-34-41(32-38)35-45(71-5)53(43)57)79-54(68)42-12-17-61(18-13-42)49(64)15-20-73-22-24-75-26-28-77-30-31-78-29-27-76-25-23-74-21-16-58-48(63)14-19-62-50(65)10-11-51(62)66/h7-11,34-35,39-40,42,44,46-47,70H,12-33,36-37H2,1-6H3,(H,58,63)(H,59,69)/b9-7+,38-8+/t39-,40-,44-,46-,47?,56-/m0/s1. The SMILES string of the molecule is COc1cc2cc(c1Cl)N(C)C(=O)C[C@H](OC(=O)C1CCN(C(=O)CCOCCOCCOCCOCCOCCOCCNC(=O)CCN3C(=O)C=CC3=O)CC1)[C@@H](C)C[C@H](C)[C@@H]1C[C@@](O)(NC(=O)O1)C(OC)/C=C/C=C(\C)C2. The van der Waals surface area contributed by atoms with E-state index in [4.69, 9.17) is 59.0 Å². The van der Waals surface area contributed by atoms with E-state index in [0.29, 0.717) is 129 Å². The number of carbonyl (C=O) groups is 7. The smallest absolute Gasteiger partial charge is 0.409 e. The molecule has 23 nitrogen and oxygen atoms in total. The summed E-state index contributed by atoms with van der Waals surface area (Å²) in [5, 5.41) is 17.3. The van der Waals surface area contributed by atoms with Crippen LogP contribution in [-0.2, 0) is 77.8 Å². The average Bonchev–Trinajstić information content (AvgIpc) is 3.81. The number of nitrogens with one attached hydrogen (secondary N) is 2. The summed E-state index contributed by atoms with van der Waals surface area (Å²) in [5.74, 6) is -2.90. The van der Waals surface area contributed by atoms with Gasteiger partial charge in [0.25, 0.3) is 11.8 Å². The van der Waals surface area contributed by atoms with Crippen molar-refractivity contribution < 1.29 is 86.0 Å². The van der Waals surface area contributed by atoms with Crippen molar-refractivity contribution in [1.29, 1.82) is 0 Å². The second-order valence-electron chi connectivity index (χ2n) is 20.2. The van der Waals surface area contributed by atoms with Gasteiger partial charge in [-0.25, -0.2) is 4.79 Å². The Labute approximate surface area is 473 Å². The molecule has 446 valence electrons. The number of rotatable bonds is 28. The summed E-state index contributed by atoms with van der Waals surface area (Å²) in [5.41, 5.74) is 0.391. The van der Waals surface area contributed by atoms with Crippen LogP contribution in [0.5, 0.6) is 5.75 Å². The van der Waals surface area contributed by atoms with Crippen molar-refractivity contribution in [3.63, 3.8) is 0 Å². The van der Waals surface area contributed by atoms with Gasteiger partial charge in [-0.15, -0.1) is 0 Å². The molecule has 80 heavy (non-hydrogen) atoms. The van der Waals surface area contributed by atoms with Gasteiger partial charge in [-0.2, -0.15) is 0 Å². The minimum Gasteiger partial charge on any atom is -0.495 e. The zero-order chi connectivity index (χ0) is 58.0. The molecule has 24 heteroatoms. The number of amides is 6. The molecule has 3 N–H and O–H groups in total. The molecule has 0 spiro atoms. The van der Waals surface area contributed by atoms with Gasteiger partial charge in [-0.1, -0.05) is 49.2 Å². The number of hydrogen-bond acceptors (Lipinski definition) is 18. The molecule has 4 aliphatic heterocycles. The van der Waals surface area contributed by atoms with Crippen molar-refractivity contribution in [2.75, 3.05) is 132 Å². The average molecular weight is 1150 g/mol. The molecule has 2 saturated heterocycles. The van der Waals surface area contributed by atoms with E-state index in [2.05, 4.69) is 10.6 Å². The Kier molecular flexibility index (Phi) is 27.8. The van der Waals surface area contributed by atoms with E-state index >= 15 is 0 Å². The number of methoxy groups -OCH3 is 2. The van der Waals surface area contributed by atoms with E-state index in [1.165, 1.54) is 31.3 Å². The third-order valence-electron chi connectivity index (χ3n) is 14.2. The lowest BCUT2D eigenvalue weighted by atomic mass is 9.83. The van der Waals surface area contributed by atoms with Gasteiger partial charge in [0, 0.05) is 65.3 Å². The van der Waals surface area contributed by atoms with Crippen LogP contribution >= 0.6 is 11.6 Å². The zero-order valence-corrected chi connectivity index (χ0v) is 47.8. The Balaban J connectivity index is 0.956. The minimum absolute atomic E-state index is 0.00871. The van der Waals surface area contributed by atoms with Gasteiger partial charge in [0.1, 0.15) is 29.1 Å². The highest BCUT2D eigenvalue weighted by atomic mass is 35.5. The fourth-order valence-electron chi connectivity index (χ4n) is 9.55. The topological polar surface area (TPSA) is 266 Å². The molecule has 1 unspecified atom stereocenters. The number of allylic oxidation sites excluding steroid dienone is 3. The Bertz CT molecular complexity index is 2290. The maximum atomic E-state index is 14.2. The molecular formula is C56H82ClN5O18. The number of anilines is 1. The molecule has 5 rings (SSSR count). The van der Waals surface area contributed by atoms with Crippen molar-refractivity contribution in [3.05, 3.63) is 58.7 Å². The van der Waals surface area contributed by atoms with Crippen LogP contribution < -0.4 is 20.3 Å². The first-order chi connectivity index (χ1) is 38.4. The predicted octanol–water partition coefficient (Wildman–Crippen LogP) is 3.70. The summed E-state index contributed by atoms with van der Waals surface area (Å²) in [6, 6.07) is 3.63. The number of ether oxygens (including phenoxy) is 10. The fourth-order valence-corrected chi connectivity index (χ4v) is 9.87. The number of esters is 1. The van der Waals surface area contributed by atoms with Crippen molar-refractivity contribution in [1.82, 2.24) is 20.4 Å². The Hall–Kier alpha value is -5.50. The summed E-state index contributed by atoms with van der Waals surface area (Å²) >= 11 is 6.82. The first-order valence-electron chi connectivity index (χ1n) is 27.4. The second-order valence-corrected chi connectivity index (χ2v) is 20.6. The van der Waals surface area contributed by atoms with Crippen LogP contribution in [0.3, 0.4) is 0 Å². The quantitative estimate of drug-likeness (QED) is 0.0614. The lowest BCUT2D eigenvalue weighted by Gasteiger charge is -2.42. The summed E-state index contributed by atoms with van der Waals surface area (Å²) in [7, 11) is 4.56. The van der Waals surface area contributed by atoms with Crippen molar-refractivity contribution in [2.45, 2.75) is 96.2 Å². The number of aliphatic hydroxyl groups is 1. The van der Waals surface area contributed by atoms with Crippen LogP contribution in [0.1, 0.15) is 71.3 Å². The molecule has 4 heterocycles. The Morgan fingerprint density at radius 1 is 0.825 bits per heavy atom. The Morgan fingerprint density at radius 2 is 1.41 bits per heavy atom. The van der Waals surface area contributed by atoms with Gasteiger partial charge >= 0.3 is 12.1 Å². The maximum absolute atomic E-state index is 14.2. The number of imide groups is 1. The zero-order valence-electron chi connectivity index (χ0n) is 47.1. The number of carbonyl (C=O) groups excluding carboxylic acids is 7. The molecule has 0 saturated carbocycles. The van der Waals surface area contributed by atoms with Crippen molar-refractivity contribution in [2.24, 2.45) is 17.8 Å². The highest BCUT2D eigenvalue weighted by Gasteiger charge is 2.47. The third-order valence-corrected chi connectivity index (χ3v) is 14.6. The van der Waals surface area contributed by atoms with Crippen LogP contribution in [0.25, 0.3) is 0 Å². The highest BCUT2D eigenvalue weighted by Crippen LogP contribution is 2.38. The molecule has 2 fully saturated rings. The van der Waals surface area contributed by atoms with E-state index in [1.807, 2.05) is 32.9 Å². The predicted molar refractivity (Wildman–Crippen MR) is 292 cm³/mol. The first-order valence-corrected chi connectivity index (χ1v) is 27.8. The Morgan fingerprint density at radius 3 is 2.00 bits per heavy atom. The number of likely N-dealkylation sites (tertiary alicyclic amines) is 1. The normalized spacial score (nSPS) is 24.3. The van der Waals surface area contributed by atoms with Gasteiger partial charge < -0.3 is 67.6 Å². The van der Waals surface area contributed by atoms with E-state index in [-0.39, 0.29) is 67.5 Å². The summed E-state index contributed by atoms with van der Waals surface area (Å²) in [4.78, 5) is 93.4. The lowest BCUT2D eigenvalue weighted by molar-refractivity contribution is -0.161.